The number of carbonyl (C=O) groups is 2. The molecule has 0 radical (unpaired) electrons. The Hall–Kier alpha value is -1.83. The quantitative estimate of drug-likeness (QED) is 0.472. The van der Waals surface area contributed by atoms with Crippen molar-refractivity contribution in [3.63, 3.8) is 0 Å². The molecule has 5 heteroatoms. The zero-order valence-electron chi connectivity index (χ0n) is 8.73. The Balaban J connectivity index is 3.85. The molecular formula is C10H14N2O3. The topological polar surface area (TPSA) is 70.4 Å². The van der Waals surface area contributed by atoms with E-state index in [1.54, 1.807) is 12.1 Å². The Morgan fingerprint density at radius 1 is 1.60 bits per heavy atom. The van der Waals surface area contributed by atoms with Crippen molar-refractivity contribution in [1.29, 1.82) is 5.26 Å². The lowest BCUT2D eigenvalue weighted by Crippen LogP contribution is -2.32. The van der Waals surface area contributed by atoms with E-state index in [-0.39, 0.29) is 19.1 Å². The Bertz CT molecular complexity index is 281. The molecule has 0 spiro atoms. The first kappa shape index (κ1) is 13.2. The van der Waals surface area contributed by atoms with Gasteiger partial charge in [-0.2, -0.15) is 5.26 Å². The van der Waals surface area contributed by atoms with Crippen LogP contribution in [0.2, 0.25) is 0 Å². The first-order valence-electron chi connectivity index (χ1n) is 4.49. The van der Waals surface area contributed by atoms with Gasteiger partial charge in [-0.25, -0.2) is 0 Å². The number of rotatable bonds is 6. The Kier molecular flexibility index (Phi) is 6.64. The average Bonchev–Trinajstić information content (AvgIpc) is 2.22. The van der Waals surface area contributed by atoms with Crippen LogP contribution in [0.3, 0.4) is 0 Å². The van der Waals surface area contributed by atoms with Gasteiger partial charge in [-0.3, -0.25) is 9.59 Å². The molecule has 0 saturated carbocycles. The summed E-state index contributed by atoms with van der Waals surface area (Å²) in [7, 11) is 1.51. The molecule has 0 aromatic carbocycles. The van der Waals surface area contributed by atoms with Gasteiger partial charge in [0.25, 0.3) is 0 Å². The largest absolute Gasteiger partial charge is 0.449 e. The number of likely N-dealkylation sites (N-methyl/N-ethyl adjacent to an activating group) is 1. The number of nitriles is 1. The van der Waals surface area contributed by atoms with Crippen LogP contribution >= 0.6 is 0 Å². The molecule has 0 aliphatic rings. The fraction of sp³-hybridized carbons (Fsp3) is 0.500. The number of ether oxygens (including phenoxy) is 1. The number of amides is 1. The van der Waals surface area contributed by atoms with Gasteiger partial charge in [0.15, 0.2) is 6.61 Å². The summed E-state index contributed by atoms with van der Waals surface area (Å²) in [6, 6.07) is 1.68. The van der Waals surface area contributed by atoms with Gasteiger partial charge in [-0.05, 0) is 6.42 Å². The van der Waals surface area contributed by atoms with Crippen LogP contribution in [0.5, 0.6) is 0 Å². The third kappa shape index (κ3) is 6.27. The molecule has 0 aliphatic heterocycles. The molecule has 5 nitrogen and oxygen atoms in total. The van der Waals surface area contributed by atoms with Crippen molar-refractivity contribution in [3.05, 3.63) is 12.7 Å². The number of nitrogens with zero attached hydrogens (tertiary/aromatic N) is 2. The van der Waals surface area contributed by atoms with E-state index >= 15 is 0 Å². The fourth-order valence-corrected chi connectivity index (χ4v) is 0.857. The molecule has 1 amide bonds. The van der Waals surface area contributed by atoms with Crippen LogP contribution < -0.4 is 0 Å². The van der Waals surface area contributed by atoms with Crippen molar-refractivity contribution < 1.29 is 14.3 Å². The highest BCUT2D eigenvalue weighted by molar-refractivity contribution is 5.81. The van der Waals surface area contributed by atoms with Crippen LogP contribution in [0.1, 0.15) is 12.8 Å². The van der Waals surface area contributed by atoms with Crippen molar-refractivity contribution in [1.82, 2.24) is 4.90 Å². The number of esters is 1. The van der Waals surface area contributed by atoms with E-state index in [2.05, 4.69) is 11.3 Å². The third-order valence-corrected chi connectivity index (χ3v) is 1.65. The maximum absolute atomic E-state index is 11.3. The van der Waals surface area contributed by atoms with Crippen molar-refractivity contribution in [2.45, 2.75) is 12.8 Å². The molecule has 0 aromatic rings. The number of hydrogen-bond donors (Lipinski definition) is 0. The van der Waals surface area contributed by atoms with Crippen LogP contribution in [0.4, 0.5) is 0 Å². The highest BCUT2D eigenvalue weighted by Gasteiger charge is 2.12. The summed E-state index contributed by atoms with van der Waals surface area (Å²) in [6.45, 7) is 3.08. The second kappa shape index (κ2) is 7.56. The molecule has 0 rings (SSSR count). The van der Waals surface area contributed by atoms with Crippen LogP contribution in [0, 0.1) is 11.3 Å². The van der Waals surface area contributed by atoms with Crippen LogP contribution in [0.25, 0.3) is 0 Å². The van der Waals surface area contributed by atoms with Crippen LogP contribution in [0.15, 0.2) is 12.7 Å². The maximum atomic E-state index is 11.3. The predicted octanol–water partition coefficient (Wildman–Crippen LogP) is 0.478. The molecule has 0 aliphatic carbocycles. The van der Waals surface area contributed by atoms with Crippen molar-refractivity contribution in [2.24, 2.45) is 0 Å². The van der Waals surface area contributed by atoms with Crippen molar-refractivity contribution >= 4 is 11.9 Å². The highest BCUT2D eigenvalue weighted by atomic mass is 16.5. The van der Waals surface area contributed by atoms with E-state index in [1.807, 2.05) is 0 Å². The highest BCUT2D eigenvalue weighted by Crippen LogP contribution is 1.96. The van der Waals surface area contributed by atoms with Crippen LogP contribution in [-0.2, 0) is 14.3 Å². The first-order chi connectivity index (χ1) is 7.11. The van der Waals surface area contributed by atoms with Crippen LogP contribution in [-0.4, -0.2) is 37.0 Å². The zero-order chi connectivity index (χ0) is 11.7. The molecule has 15 heavy (non-hydrogen) atoms. The zero-order valence-corrected chi connectivity index (χ0v) is 8.73. The van der Waals surface area contributed by atoms with E-state index in [0.29, 0.717) is 12.8 Å². The molecule has 0 aromatic heterocycles. The Labute approximate surface area is 88.9 Å². The molecule has 0 bridgehead atoms. The van der Waals surface area contributed by atoms with Gasteiger partial charge >= 0.3 is 5.97 Å². The molecule has 0 atom stereocenters. The first-order valence-corrected chi connectivity index (χ1v) is 4.49. The van der Waals surface area contributed by atoms with E-state index in [9.17, 15) is 9.59 Å². The molecule has 0 heterocycles. The monoisotopic (exact) mass is 210 g/mol. The summed E-state index contributed by atoms with van der Waals surface area (Å²) in [6.07, 6.45) is 2.54. The maximum Gasteiger partial charge on any atom is 0.326 e. The van der Waals surface area contributed by atoms with Gasteiger partial charge in [-0.15, -0.1) is 6.58 Å². The van der Waals surface area contributed by atoms with Gasteiger partial charge in [0.05, 0.1) is 0 Å². The fourth-order valence-electron chi connectivity index (χ4n) is 0.857. The van der Waals surface area contributed by atoms with Gasteiger partial charge in [-0.1, -0.05) is 6.08 Å². The summed E-state index contributed by atoms with van der Waals surface area (Å²) in [4.78, 5) is 23.6. The third-order valence-electron chi connectivity index (χ3n) is 1.65. The molecule has 0 saturated heterocycles. The lowest BCUT2D eigenvalue weighted by atomic mass is 10.3. The molecule has 82 valence electrons. The Morgan fingerprint density at radius 3 is 2.80 bits per heavy atom. The number of hydrogen-bond acceptors (Lipinski definition) is 4. The minimum atomic E-state index is -0.578. The lowest BCUT2D eigenvalue weighted by molar-refractivity contribution is -0.147. The van der Waals surface area contributed by atoms with Gasteiger partial charge in [0.1, 0.15) is 12.6 Å². The van der Waals surface area contributed by atoms with Crippen molar-refractivity contribution in [2.75, 3.05) is 20.2 Å². The Morgan fingerprint density at radius 2 is 2.27 bits per heavy atom. The summed E-state index contributed by atoms with van der Waals surface area (Å²) in [5.41, 5.74) is 0. The predicted molar refractivity (Wildman–Crippen MR) is 53.6 cm³/mol. The van der Waals surface area contributed by atoms with Gasteiger partial charge in [0, 0.05) is 13.5 Å². The second-order valence-corrected chi connectivity index (χ2v) is 2.90. The second-order valence-electron chi connectivity index (χ2n) is 2.90. The summed E-state index contributed by atoms with van der Waals surface area (Å²) in [5, 5.41) is 8.16. The average molecular weight is 210 g/mol. The van der Waals surface area contributed by atoms with Gasteiger partial charge in [0.2, 0.25) is 5.91 Å². The molecule has 0 N–H and O–H groups in total. The van der Waals surface area contributed by atoms with E-state index in [1.165, 1.54) is 11.9 Å². The summed E-state index contributed by atoms with van der Waals surface area (Å²) in [5.74, 6) is -0.727. The smallest absolute Gasteiger partial charge is 0.326 e. The number of carbonyl (C=O) groups excluding carboxylic acids is 2. The van der Waals surface area contributed by atoms with E-state index in [4.69, 9.17) is 5.26 Å². The van der Waals surface area contributed by atoms with Crippen molar-refractivity contribution in [3.8, 4) is 6.07 Å². The van der Waals surface area contributed by atoms with E-state index < -0.39 is 5.97 Å². The van der Waals surface area contributed by atoms with E-state index in [0.717, 1.165) is 0 Å². The molecule has 0 fully saturated rings. The standard InChI is InChI=1S/C10H14N2O3/c1-3-4-5-9(13)12(2)8-10(14)15-7-6-11/h3H,1,4-5,7-8H2,2H3. The number of allylic oxidation sites excluding steroid dienone is 1. The minimum absolute atomic E-state index is 0.127. The summed E-state index contributed by atoms with van der Waals surface area (Å²) >= 11 is 0. The molecular weight excluding hydrogens is 196 g/mol. The minimum Gasteiger partial charge on any atom is -0.449 e. The lowest BCUT2D eigenvalue weighted by Gasteiger charge is -2.14. The van der Waals surface area contributed by atoms with Gasteiger partial charge < -0.3 is 9.64 Å². The summed E-state index contributed by atoms with van der Waals surface area (Å²) < 4.78 is 4.50. The molecule has 0 unspecified atom stereocenters. The SMILES string of the molecule is C=CCCC(=O)N(C)CC(=O)OCC#N. The normalized spacial score (nSPS) is 8.80.